The van der Waals surface area contributed by atoms with Gasteiger partial charge in [0.2, 0.25) is 0 Å². The standard InChI is InChI=1S/C18H21N3O4/c1-25-13-18(17(23)24)7-10-20(12-18)16(22)15-5-3-14(4-6-15)11-21-9-2-8-19-21/h2-6,8-9H,7,10-13H2,1H3,(H,23,24). The van der Waals surface area contributed by atoms with Crippen molar-refractivity contribution < 1.29 is 19.4 Å². The second-order valence-corrected chi connectivity index (χ2v) is 6.40. The molecular weight excluding hydrogens is 322 g/mol. The Hall–Kier alpha value is -2.67. The van der Waals surface area contributed by atoms with E-state index in [0.717, 1.165) is 5.56 Å². The number of aliphatic carboxylic acids is 1. The Kier molecular flexibility index (Phi) is 4.85. The minimum absolute atomic E-state index is 0.106. The molecule has 1 aromatic carbocycles. The van der Waals surface area contributed by atoms with Gasteiger partial charge in [-0.1, -0.05) is 12.1 Å². The Labute approximate surface area is 145 Å². The first-order chi connectivity index (χ1) is 12.0. The van der Waals surface area contributed by atoms with E-state index < -0.39 is 11.4 Å². The average molecular weight is 343 g/mol. The fraction of sp³-hybridized carbons (Fsp3) is 0.389. The summed E-state index contributed by atoms with van der Waals surface area (Å²) in [4.78, 5) is 25.8. The third kappa shape index (κ3) is 3.56. The van der Waals surface area contributed by atoms with Gasteiger partial charge in [-0.2, -0.15) is 5.10 Å². The number of carbonyl (C=O) groups excluding carboxylic acids is 1. The lowest BCUT2D eigenvalue weighted by atomic mass is 9.88. The van der Waals surface area contributed by atoms with Crippen LogP contribution in [-0.2, 0) is 16.1 Å². The lowest BCUT2D eigenvalue weighted by Gasteiger charge is -2.23. The van der Waals surface area contributed by atoms with E-state index in [9.17, 15) is 14.7 Å². The quantitative estimate of drug-likeness (QED) is 0.859. The molecule has 0 bridgehead atoms. The molecule has 1 atom stereocenters. The highest BCUT2D eigenvalue weighted by Gasteiger charge is 2.46. The van der Waals surface area contributed by atoms with Crippen molar-refractivity contribution >= 4 is 11.9 Å². The number of carboxylic acids is 1. The van der Waals surface area contributed by atoms with E-state index in [1.54, 1.807) is 23.2 Å². The number of methoxy groups -OCH3 is 1. The fourth-order valence-corrected chi connectivity index (χ4v) is 3.19. The molecule has 0 saturated carbocycles. The molecule has 1 aliphatic rings. The maximum absolute atomic E-state index is 12.7. The molecule has 25 heavy (non-hydrogen) atoms. The number of hydrogen-bond donors (Lipinski definition) is 1. The van der Waals surface area contributed by atoms with Crippen molar-refractivity contribution in [2.75, 3.05) is 26.8 Å². The van der Waals surface area contributed by atoms with E-state index in [2.05, 4.69) is 5.10 Å². The number of ether oxygens (including phenoxy) is 1. The first-order valence-corrected chi connectivity index (χ1v) is 8.12. The molecule has 0 aliphatic carbocycles. The van der Waals surface area contributed by atoms with Crippen LogP contribution < -0.4 is 0 Å². The van der Waals surface area contributed by atoms with Crippen LogP contribution in [0.4, 0.5) is 0 Å². The summed E-state index contributed by atoms with van der Waals surface area (Å²) < 4.78 is 6.87. The second-order valence-electron chi connectivity index (χ2n) is 6.40. The molecule has 1 unspecified atom stereocenters. The van der Waals surface area contributed by atoms with Gasteiger partial charge in [-0.3, -0.25) is 14.3 Å². The zero-order valence-corrected chi connectivity index (χ0v) is 14.1. The molecular formula is C18H21N3O4. The molecule has 0 spiro atoms. The monoisotopic (exact) mass is 343 g/mol. The first kappa shape index (κ1) is 17.2. The maximum Gasteiger partial charge on any atom is 0.313 e. The minimum Gasteiger partial charge on any atom is -0.481 e. The molecule has 1 saturated heterocycles. The zero-order chi connectivity index (χ0) is 17.9. The Morgan fingerprint density at radius 1 is 1.32 bits per heavy atom. The van der Waals surface area contributed by atoms with Crippen LogP contribution in [0.25, 0.3) is 0 Å². The topological polar surface area (TPSA) is 84.7 Å². The Bertz CT molecular complexity index is 742. The highest BCUT2D eigenvalue weighted by molar-refractivity contribution is 5.95. The summed E-state index contributed by atoms with van der Waals surface area (Å²) in [5, 5.41) is 13.7. The summed E-state index contributed by atoms with van der Waals surface area (Å²) in [6.45, 7) is 1.34. The average Bonchev–Trinajstić information content (AvgIpc) is 3.26. The number of carboxylic acid groups (broad SMARTS) is 1. The molecule has 1 fully saturated rings. The van der Waals surface area contributed by atoms with Gasteiger partial charge in [0, 0.05) is 38.2 Å². The van der Waals surface area contributed by atoms with Crippen LogP contribution in [0.1, 0.15) is 22.3 Å². The molecule has 1 aromatic heterocycles. The lowest BCUT2D eigenvalue weighted by molar-refractivity contribution is -0.151. The molecule has 1 amide bonds. The number of hydrogen-bond acceptors (Lipinski definition) is 4. The largest absolute Gasteiger partial charge is 0.481 e. The highest BCUT2D eigenvalue weighted by atomic mass is 16.5. The molecule has 132 valence electrons. The van der Waals surface area contributed by atoms with Crippen LogP contribution in [0.2, 0.25) is 0 Å². The van der Waals surface area contributed by atoms with Crippen molar-refractivity contribution in [1.82, 2.24) is 14.7 Å². The first-order valence-electron chi connectivity index (χ1n) is 8.12. The van der Waals surface area contributed by atoms with Crippen LogP contribution >= 0.6 is 0 Å². The van der Waals surface area contributed by atoms with Crippen molar-refractivity contribution in [3.63, 3.8) is 0 Å². The number of amides is 1. The van der Waals surface area contributed by atoms with Gasteiger partial charge in [0.05, 0.1) is 13.2 Å². The molecule has 3 rings (SSSR count). The fourth-order valence-electron chi connectivity index (χ4n) is 3.19. The minimum atomic E-state index is -1.01. The third-order valence-electron chi connectivity index (χ3n) is 4.62. The molecule has 0 radical (unpaired) electrons. The van der Waals surface area contributed by atoms with Crippen LogP contribution in [0, 0.1) is 5.41 Å². The van der Waals surface area contributed by atoms with Crippen molar-refractivity contribution in [2.24, 2.45) is 5.41 Å². The van der Waals surface area contributed by atoms with Gasteiger partial charge >= 0.3 is 5.97 Å². The van der Waals surface area contributed by atoms with E-state index in [-0.39, 0.29) is 19.1 Å². The molecule has 7 heteroatoms. The van der Waals surface area contributed by atoms with Crippen molar-refractivity contribution in [2.45, 2.75) is 13.0 Å². The second kappa shape index (κ2) is 7.06. The summed E-state index contributed by atoms with van der Waals surface area (Å²) in [7, 11) is 1.48. The third-order valence-corrected chi connectivity index (χ3v) is 4.62. The number of likely N-dealkylation sites (tertiary alicyclic amines) is 1. The lowest BCUT2D eigenvalue weighted by Crippen LogP contribution is -2.40. The van der Waals surface area contributed by atoms with E-state index >= 15 is 0 Å². The van der Waals surface area contributed by atoms with Gasteiger partial charge in [-0.15, -0.1) is 0 Å². The van der Waals surface area contributed by atoms with Gasteiger partial charge in [0.15, 0.2) is 0 Å². The van der Waals surface area contributed by atoms with Gasteiger partial charge in [0.1, 0.15) is 5.41 Å². The summed E-state index contributed by atoms with van der Waals surface area (Å²) >= 11 is 0. The van der Waals surface area contributed by atoms with Crippen LogP contribution in [-0.4, -0.2) is 58.5 Å². The molecule has 2 heterocycles. The van der Waals surface area contributed by atoms with E-state index in [1.807, 2.05) is 29.1 Å². The Morgan fingerprint density at radius 3 is 2.68 bits per heavy atom. The summed E-state index contributed by atoms with van der Waals surface area (Å²) in [6.07, 6.45) is 4.00. The molecule has 1 N–H and O–H groups in total. The van der Waals surface area contributed by atoms with Gasteiger partial charge in [0.25, 0.3) is 5.91 Å². The number of benzene rings is 1. The van der Waals surface area contributed by atoms with E-state index in [0.29, 0.717) is 25.1 Å². The van der Waals surface area contributed by atoms with Gasteiger partial charge < -0.3 is 14.7 Å². The number of aromatic nitrogens is 2. The van der Waals surface area contributed by atoms with E-state index in [4.69, 9.17) is 4.74 Å². The smallest absolute Gasteiger partial charge is 0.313 e. The number of carbonyl (C=O) groups is 2. The number of rotatable bonds is 6. The summed E-state index contributed by atoms with van der Waals surface area (Å²) in [5.74, 6) is -1.07. The SMILES string of the molecule is COCC1(C(=O)O)CCN(C(=O)c2ccc(Cn3cccn3)cc2)C1. The van der Waals surface area contributed by atoms with E-state index in [1.165, 1.54) is 7.11 Å². The maximum atomic E-state index is 12.7. The Balaban J connectivity index is 1.68. The molecule has 7 nitrogen and oxygen atoms in total. The Morgan fingerprint density at radius 2 is 2.08 bits per heavy atom. The van der Waals surface area contributed by atoms with Crippen molar-refractivity contribution in [3.8, 4) is 0 Å². The van der Waals surface area contributed by atoms with Gasteiger partial charge in [-0.05, 0) is 30.2 Å². The van der Waals surface area contributed by atoms with Crippen LogP contribution in [0.3, 0.4) is 0 Å². The van der Waals surface area contributed by atoms with Crippen LogP contribution in [0.5, 0.6) is 0 Å². The summed E-state index contributed by atoms with van der Waals surface area (Å²) in [5.41, 5.74) is 0.591. The highest BCUT2D eigenvalue weighted by Crippen LogP contribution is 2.32. The number of nitrogens with zero attached hydrogens (tertiary/aromatic N) is 3. The van der Waals surface area contributed by atoms with Crippen molar-refractivity contribution in [1.29, 1.82) is 0 Å². The zero-order valence-electron chi connectivity index (χ0n) is 14.1. The normalized spacial score (nSPS) is 20.0. The van der Waals surface area contributed by atoms with Crippen molar-refractivity contribution in [3.05, 3.63) is 53.9 Å². The summed E-state index contributed by atoms with van der Waals surface area (Å²) in [6, 6.07) is 9.20. The molecule has 1 aliphatic heterocycles. The predicted molar refractivity (Wildman–Crippen MR) is 90.2 cm³/mol. The van der Waals surface area contributed by atoms with Gasteiger partial charge in [-0.25, -0.2) is 0 Å². The van der Waals surface area contributed by atoms with Crippen LogP contribution in [0.15, 0.2) is 42.7 Å². The predicted octanol–water partition coefficient (Wildman–Crippen LogP) is 1.49. The molecule has 2 aromatic rings.